The minimum atomic E-state index is -3.72. The SMILES string of the molecule is COC(=O)c1ccc(CNS(=O)(=O)c2cc(C)ccc2OC)cc1. The molecule has 0 radical (unpaired) electrons. The predicted molar refractivity (Wildman–Crippen MR) is 89.5 cm³/mol. The van der Waals surface area contributed by atoms with Crippen LogP contribution in [0.5, 0.6) is 5.75 Å². The van der Waals surface area contributed by atoms with Crippen LogP contribution in [0, 0.1) is 6.92 Å². The molecule has 24 heavy (non-hydrogen) atoms. The highest BCUT2D eigenvalue weighted by molar-refractivity contribution is 7.89. The van der Waals surface area contributed by atoms with Crippen molar-refractivity contribution in [2.24, 2.45) is 0 Å². The second-order valence-corrected chi connectivity index (χ2v) is 6.90. The average Bonchev–Trinajstić information content (AvgIpc) is 2.59. The molecule has 2 aromatic carbocycles. The Bertz CT molecular complexity index is 829. The number of benzene rings is 2. The molecular weight excluding hydrogens is 330 g/mol. The molecule has 0 saturated heterocycles. The zero-order valence-electron chi connectivity index (χ0n) is 13.7. The summed E-state index contributed by atoms with van der Waals surface area (Å²) in [5.41, 5.74) is 1.95. The maximum Gasteiger partial charge on any atom is 0.337 e. The first kappa shape index (κ1) is 18.0. The molecular formula is C17H19NO5S. The minimum absolute atomic E-state index is 0.0937. The number of nitrogens with one attached hydrogen (secondary N) is 1. The number of esters is 1. The second kappa shape index (κ2) is 7.46. The Hall–Kier alpha value is -2.38. The van der Waals surface area contributed by atoms with E-state index in [2.05, 4.69) is 9.46 Å². The van der Waals surface area contributed by atoms with Gasteiger partial charge in [-0.05, 0) is 42.3 Å². The van der Waals surface area contributed by atoms with Crippen LogP contribution in [-0.2, 0) is 21.3 Å². The van der Waals surface area contributed by atoms with E-state index in [0.717, 1.165) is 11.1 Å². The Morgan fingerprint density at radius 3 is 2.33 bits per heavy atom. The molecule has 0 amide bonds. The van der Waals surface area contributed by atoms with Gasteiger partial charge in [-0.2, -0.15) is 0 Å². The van der Waals surface area contributed by atoms with Crippen LogP contribution in [-0.4, -0.2) is 28.6 Å². The molecule has 0 saturated carbocycles. The molecule has 128 valence electrons. The topological polar surface area (TPSA) is 81.7 Å². The van der Waals surface area contributed by atoms with Gasteiger partial charge < -0.3 is 9.47 Å². The Balaban J connectivity index is 2.16. The van der Waals surface area contributed by atoms with Crippen LogP contribution in [0.1, 0.15) is 21.5 Å². The monoisotopic (exact) mass is 349 g/mol. The van der Waals surface area contributed by atoms with Gasteiger partial charge in [-0.1, -0.05) is 18.2 Å². The molecule has 0 spiro atoms. The lowest BCUT2D eigenvalue weighted by Gasteiger charge is -2.11. The van der Waals surface area contributed by atoms with Crippen molar-refractivity contribution in [3.63, 3.8) is 0 Å². The fraction of sp³-hybridized carbons (Fsp3) is 0.235. The molecule has 1 N–H and O–H groups in total. The molecule has 0 bridgehead atoms. The molecule has 0 fully saturated rings. The molecule has 6 nitrogen and oxygen atoms in total. The van der Waals surface area contributed by atoms with Gasteiger partial charge in [0.1, 0.15) is 10.6 Å². The molecule has 0 heterocycles. The van der Waals surface area contributed by atoms with Crippen LogP contribution in [0.2, 0.25) is 0 Å². The summed E-state index contributed by atoms with van der Waals surface area (Å²) in [5, 5.41) is 0. The number of carbonyl (C=O) groups is 1. The Labute approximate surface area is 141 Å². The zero-order chi connectivity index (χ0) is 17.7. The highest BCUT2D eigenvalue weighted by Crippen LogP contribution is 2.24. The summed E-state index contributed by atoms with van der Waals surface area (Å²) in [7, 11) is -0.990. The van der Waals surface area contributed by atoms with Crippen molar-refractivity contribution >= 4 is 16.0 Å². The normalized spacial score (nSPS) is 11.1. The number of hydrogen-bond acceptors (Lipinski definition) is 5. The van der Waals surface area contributed by atoms with Crippen molar-refractivity contribution in [2.75, 3.05) is 14.2 Å². The molecule has 7 heteroatoms. The Morgan fingerprint density at radius 1 is 1.08 bits per heavy atom. The maximum atomic E-state index is 12.5. The molecule has 0 aliphatic rings. The number of carbonyl (C=O) groups excluding carboxylic acids is 1. The minimum Gasteiger partial charge on any atom is -0.495 e. The van der Waals surface area contributed by atoms with Crippen molar-refractivity contribution in [1.29, 1.82) is 0 Å². The van der Waals surface area contributed by atoms with Crippen molar-refractivity contribution in [1.82, 2.24) is 4.72 Å². The summed E-state index contributed by atoms with van der Waals surface area (Å²) in [5.74, 6) is -0.152. The van der Waals surface area contributed by atoms with E-state index >= 15 is 0 Å². The van der Waals surface area contributed by atoms with Gasteiger partial charge >= 0.3 is 5.97 Å². The lowest BCUT2D eigenvalue weighted by Crippen LogP contribution is -2.24. The number of rotatable bonds is 6. The summed E-state index contributed by atoms with van der Waals surface area (Å²) < 4.78 is 37.3. The summed E-state index contributed by atoms with van der Waals surface area (Å²) in [6.45, 7) is 1.91. The van der Waals surface area contributed by atoms with Gasteiger partial charge in [0.15, 0.2) is 0 Å². The third-order valence-corrected chi connectivity index (χ3v) is 4.87. The molecule has 0 aliphatic heterocycles. The summed E-state index contributed by atoms with van der Waals surface area (Å²) >= 11 is 0. The molecule has 0 aromatic heterocycles. The Morgan fingerprint density at radius 2 is 1.75 bits per heavy atom. The van der Waals surface area contributed by atoms with Crippen molar-refractivity contribution < 1.29 is 22.7 Å². The van der Waals surface area contributed by atoms with E-state index in [1.807, 2.05) is 6.92 Å². The van der Waals surface area contributed by atoms with Gasteiger partial charge in [-0.25, -0.2) is 17.9 Å². The number of sulfonamides is 1. The average molecular weight is 349 g/mol. The quantitative estimate of drug-likeness (QED) is 0.809. The van der Waals surface area contributed by atoms with E-state index in [1.54, 1.807) is 42.5 Å². The molecule has 2 rings (SSSR count). The van der Waals surface area contributed by atoms with Gasteiger partial charge in [-0.15, -0.1) is 0 Å². The summed E-state index contributed by atoms with van der Waals surface area (Å²) in [6.07, 6.45) is 0. The van der Waals surface area contributed by atoms with Gasteiger partial charge in [0, 0.05) is 6.54 Å². The Kier molecular flexibility index (Phi) is 5.58. The number of hydrogen-bond donors (Lipinski definition) is 1. The first-order chi connectivity index (χ1) is 11.4. The van der Waals surface area contributed by atoms with Crippen molar-refractivity contribution in [3.05, 3.63) is 59.2 Å². The molecule has 2 aromatic rings. The van der Waals surface area contributed by atoms with Crippen molar-refractivity contribution in [3.8, 4) is 5.75 Å². The van der Waals surface area contributed by atoms with Crippen molar-refractivity contribution in [2.45, 2.75) is 18.4 Å². The summed E-state index contributed by atoms with van der Waals surface area (Å²) in [6, 6.07) is 11.5. The number of ether oxygens (including phenoxy) is 2. The van der Waals surface area contributed by atoms with Crippen LogP contribution < -0.4 is 9.46 Å². The van der Waals surface area contributed by atoms with Gasteiger partial charge in [0.25, 0.3) is 0 Å². The lowest BCUT2D eigenvalue weighted by molar-refractivity contribution is 0.0600. The van der Waals surface area contributed by atoms with Crippen LogP contribution in [0.15, 0.2) is 47.4 Å². The van der Waals surface area contributed by atoms with E-state index in [4.69, 9.17) is 4.74 Å². The van der Waals surface area contributed by atoms with E-state index in [-0.39, 0.29) is 17.2 Å². The van der Waals surface area contributed by atoms with Crippen LogP contribution in [0.4, 0.5) is 0 Å². The van der Waals surface area contributed by atoms with Crippen LogP contribution in [0.3, 0.4) is 0 Å². The first-order valence-electron chi connectivity index (χ1n) is 7.19. The standard InChI is InChI=1S/C17H19NO5S/c1-12-4-9-15(22-2)16(10-12)24(20,21)18-11-13-5-7-14(8-6-13)17(19)23-3/h4-10,18H,11H2,1-3H3. The third kappa shape index (κ3) is 4.12. The van der Waals surface area contributed by atoms with Crippen LogP contribution in [0.25, 0.3) is 0 Å². The van der Waals surface area contributed by atoms with E-state index in [9.17, 15) is 13.2 Å². The van der Waals surface area contributed by atoms with E-state index < -0.39 is 16.0 Å². The maximum absolute atomic E-state index is 12.5. The smallest absolute Gasteiger partial charge is 0.337 e. The first-order valence-corrected chi connectivity index (χ1v) is 8.67. The van der Waals surface area contributed by atoms with Gasteiger partial charge in [0.05, 0.1) is 19.8 Å². The molecule has 0 aliphatic carbocycles. The van der Waals surface area contributed by atoms with Crippen LogP contribution >= 0.6 is 0 Å². The largest absolute Gasteiger partial charge is 0.495 e. The third-order valence-electron chi connectivity index (χ3n) is 3.45. The second-order valence-electron chi connectivity index (χ2n) is 5.17. The summed E-state index contributed by atoms with van der Waals surface area (Å²) in [4.78, 5) is 11.5. The molecule has 0 atom stereocenters. The lowest BCUT2D eigenvalue weighted by atomic mass is 10.1. The number of methoxy groups -OCH3 is 2. The zero-order valence-corrected chi connectivity index (χ0v) is 14.5. The fourth-order valence-corrected chi connectivity index (χ4v) is 3.40. The fourth-order valence-electron chi connectivity index (χ4n) is 2.13. The predicted octanol–water partition coefficient (Wildman–Crippen LogP) is 2.27. The number of aryl methyl sites for hydroxylation is 1. The van der Waals surface area contributed by atoms with Gasteiger partial charge in [-0.3, -0.25) is 0 Å². The highest BCUT2D eigenvalue weighted by atomic mass is 32.2. The molecule has 0 unspecified atom stereocenters. The van der Waals surface area contributed by atoms with E-state index in [1.165, 1.54) is 14.2 Å². The van der Waals surface area contributed by atoms with Gasteiger partial charge in [0.2, 0.25) is 10.0 Å². The van der Waals surface area contributed by atoms with E-state index in [0.29, 0.717) is 5.56 Å². The highest BCUT2D eigenvalue weighted by Gasteiger charge is 2.19.